The van der Waals surface area contributed by atoms with Gasteiger partial charge in [0.15, 0.2) is 0 Å². The highest BCUT2D eigenvalue weighted by Crippen LogP contribution is 2.42. The summed E-state index contributed by atoms with van der Waals surface area (Å²) < 4.78 is 12.2. The van der Waals surface area contributed by atoms with Crippen LogP contribution in [0.15, 0.2) is 54.6 Å². The number of rotatable bonds is 9. The van der Waals surface area contributed by atoms with Crippen LogP contribution in [-0.2, 0) is 11.8 Å². The molecule has 8 nitrogen and oxygen atoms in total. The summed E-state index contributed by atoms with van der Waals surface area (Å²) in [6.45, 7) is 8.00. The van der Waals surface area contributed by atoms with E-state index in [1.807, 2.05) is 45.0 Å². The number of anilines is 1. The van der Waals surface area contributed by atoms with E-state index in [1.165, 1.54) is 18.2 Å². The number of carbonyl (C=O) groups is 1. The number of fused-ring (bicyclic) bond motifs is 1. The van der Waals surface area contributed by atoms with Crippen LogP contribution in [0.5, 0.6) is 23.0 Å². The molecule has 42 heavy (non-hydrogen) atoms. The van der Waals surface area contributed by atoms with Gasteiger partial charge in [-0.05, 0) is 53.8 Å². The molecule has 1 atom stereocenters. The van der Waals surface area contributed by atoms with Gasteiger partial charge in [-0.15, -0.1) is 0 Å². The molecular formula is C33H39ClN2O6. The molecule has 3 aromatic rings. The van der Waals surface area contributed by atoms with Crippen molar-refractivity contribution in [2.45, 2.75) is 63.6 Å². The minimum Gasteiger partial charge on any atom is -0.508 e. The average Bonchev–Trinajstić information content (AvgIpc) is 3.31. The van der Waals surface area contributed by atoms with Gasteiger partial charge in [0.25, 0.3) is 5.91 Å². The highest BCUT2D eigenvalue weighted by atomic mass is 35.5. The molecule has 3 aromatic carbocycles. The molecule has 2 aliphatic heterocycles. The number of hydrogen-bond acceptors (Lipinski definition) is 7. The number of aliphatic hydroxyl groups excluding tert-OH is 1. The van der Waals surface area contributed by atoms with Gasteiger partial charge in [-0.2, -0.15) is 0 Å². The van der Waals surface area contributed by atoms with Crippen LogP contribution in [0.4, 0.5) is 5.69 Å². The lowest BCUT2D eigenvalue weighted by Crippen LogP contribution is -2.49. The van der Waals surface area contributed by atoms with Crippen molar-refractivity contribution in [1.82, 2.24) is 4.90 Å². The Morgan fingerprint density at radius 1 is 1.14 bits per heavy atom. The summed E-state index contributed by atoms with van der Waals surface area (Å²) in [6, 6.07) is 15.2. The fraction of sp³-hybridized carbons (Fsp3) is 0.424. The van der Waals surface area contributed by atoms with Crippen LogP contribution in [0.2, 0.25) is 5.02 Å². The predicted octanol–water partition coefficient (Wildman–Crippen LogP) is 5.90. The molecule has 5 rings (SSSR count). The number of aliphatic hydroxyl groups is 1. The van der Waals surface area contributed by atoms with E-state index in [2.05, 4.69) is 10.2 Å². The zero-order valence-corrected chi connectivity index (χ0v) is 25.1. The summed E-state index contributed by atoms with van der Waals surface area (Å²) in [4.78, 5) is 15.4. The number of nitrogens with one attached hydrogen (secondary N) is 1. The van der Waals surface area contributed by atoms with Crippen molar-refractivity contribution in [3.63, 3.8) is 0 Å². The van der Waals surface area contributed by atoms with Gasteiger partial charge in [-0.1, -0.05) is 44.5 Å². The van der Waals surface area contributed by atoms with Crippen LogP contribution in [0.1, 0.15) is 61.5 Å². The molecular weight excluding hydrogens is 556 g/mol. The number of ether oxygens (including phenoxy) is 2. The number of para-hydroxylation sites is 1. The summed E-state index contributed by atoms with van der Waals surface area (Å²) in [7, 11) is 0. The molecule has 0 radical (unpaired) electrons. The maximum Gasteiger partial charge on any atom is 0.259 e. The third-order valence-electron chi connectivity index (χ3n) is 8.64. The Morgan fingerprint density at radius 3 is 2.64 bits per heavy atom. The van der Waals surface area contributed by atoms with Gasteiger partial charge >= 0.3 is 0 Å². The first-order valence-electron chi connectivity index (χ1n) is 14.5. The van der Waals surface area contributed by atoms with Gasteiger partial charge in [-0.25, -0.2) is 0 Å². The number of hydrogen-bond donors (Lipinski definition) is 4. The maximum atomic E-state index is 13.2. The van der Waals surface area contributed by atoms with Gasteiger partial charge in [-0.3, -0.25) is 4.79 Å². The largest absolute Gasteiger partial charge is 0.508 e. The monoisotopic (exact) mass is 594 g/mol. The molecule has 9 heteroatoms. The van der Waals surface area contributed by atoms with E-state index in [0.29, 0.717) is 17.3 Å². The first kappa shape index (κ1) is 30.0. The first-order valence-corrected chi connectivity index (χ1v) is 14.8. The van der Waals surface area contributed by atoms with E-state index in [-0.39, 0.29) is 40.4 Å². The Bertz CT molecular complexity index is 1450. The summed E-state index contributed by atoms with van der Waals surface area (Å²) in [5, 5.41) is 35.2. The minimum absolute atomic E-state index is 0.0216. The van der Waals surface area contributed by atoms with Crippen molar-refractivity contribution < 1.29 is 29.6 Å². The molecule has 2 aliphatic rings. The second kappa shape index (κ2) is 12.0. The van der Waals surface area contributed by atoms with Gasteiger partial charge in [0.2, 0.25) is 0 Å². The molecule has 224 valence electrons. The summed E-state index contributed by atoms with van der Waals surface area (Å²) >= 11 is 6.16. The number of nitrogens with zero attached hydrogens (tertiary/aromatic N) is 1. The summed E-state index contributed by atoms with van der Waals surface area (Å²) in [6.07, 6.45) is 2.52. The molecule has 0 unspecified atom stereocenters. The van der Waals surface area contributed by atoms with Crippen LogP contribution in [0.25, 0.3) is 0 Å². The fourth-order valence-corrected chi connectivity index (χ4v) is 5.94. The van der Waals surface area contributed by atoms with Crippen LogP contribution in [-0.4, -0.2) is 64.1 Å². The van der Waals surface area contributed by atoms with Gasteiger partial charge in [0.05, 0.1) is 11.3 Å². The summed E-state index contributed by atoms with van der Waals surface area (Å²) in [5.74, 6) is 0.505. The number of aromatic hydroxyl groups is 2. The van der Waals surface area contributed by atoms with Crippen LogP contribution < -0.4 is 14.8 Å². The van der Waals surface area contributed by atoms with Crippen molar-refractivity contribution in [1.29, 1.82) is 0 Å². The molecule has 1 saturated heterocycles. The lowest BCUT2D eigenvalue weighted by atomic mass is 9.81. The number of amides is 1. The van der Waals surface area contributed by atoms with Crippen molar-refractivity contribution in [3.8, 4) is 23.0 Å². The molecule has 1 amide bonds. The van der Waals surface area contributed by atoms with Crippen molar-refractivity contribution in [2.75, 3.05) is 31.6 Å². The molecule has 0 aliphatic carbocycles. The minimum atomic E-state index is -0.810. The third-order valence-corrected chi connectivity index (χ3v) is 8.87. The van der Waals surface area contributed by atoms with Gasteiger partial charge in [0, 0.05) is 55.5 Å². The van der Waals surface area contributed by atoms with E-state index in [1.54, 1.807) is 12.1 Å². The Labute approximate surface area is 251 Å². The van der Waals surface area contributed by atoms with Crippen LogP contribution in [0, 0.1) is 0 Å². The fourth-order valence-electron chi connectivity index (χ4n) is 5.75. The number of phenols is 2. The Morgan fingerprint density at radius 2 is 1.90 bits per heavy atom. The standard InChI is InChI=1S/C33H39ClN2O6/c1-4-32(2,3)26-6-5-7-27(30(26)39)35-31(40)25-10-9-23(37)17-29(25)41-20-24(38)19-36-14-12-33(13-15-36)18-21-16-22(34)8-11-28(21)42-33/h5-11,16-17,24,37-39H,4,12-15,18-20H2,1-3H3,(H,35,40)/t24-/m0/s1. The molecule has 4 N–H and O–H groups in total. The van der Waals surface area contributed by atoms with E-state index in [4.69, 9.17) is 21.1 Å². The topological polar surface area (TPSA) is 111 Å². The molecule has 1 spiro atoms. The van der Waals surface area contributed by atoms with E-state index in [0.717, 1.165) is 55.6 Å². The first-order chi connectivity index (χ1) is 20.0. The molecule has 1 fully saturated rings. The predicted molar refractivity (Wildman–Crippen MR) is 163 cm³/mol. The SMILES string of the molecule is CCC(C)(C)c1cccc(NC(=O)c2ccc(O)cc2OC[C@@H](O)CN2CCC3(CC2)Cc2cc(Cl)ccc2O3)c1O. The number of phenolic OH excluding ortho intramolecular Hbond substituents is 2. The van der Waals surface area contributed by atoms with E-state index >= 15 is 0 Å². The lowest BCUT2D eigenvalue weighted by Gasteiger charge is -2.39. The van der Waals surface area contributed by atoms with Crippen LogP contribution in [0.3, 0.4) is 0 Å². The number of β-amino-alcohol motifs (C(OH)–C–C–N with tert-alkyl or cyclic N) is 1. The smallest absolute Gasteiger partial charge is 0.259 e. The molecule has 0 saturated carbocycles. The van der Waals surface area contributed by atoms with E-state index in [9.17, 15) is 20.1 Å². The van der Waals surface area contributed by atoms with Crippen molar-refractivity contribution in [2.24, 2.45) is 0 Å². The Balaban J connectivity index is 1.17. The Hall–Kier alpha value is -3.46. The van der Waals surface area contributed by atoms with Gasteiger partial charge < -0.3 is 35.0 Å². The number of piperidine rings is 1. The zero-order valence-electron chi connectivity index (χ0n) is 24.3. The van der Waals surface area contributed by atoms with Crippen molar-refractivity contribution in [3.05, 3.63) is 76.3 Å². The third kappa shape index (κ3) is 6.46. The van der Waals surface area contributed by atoms with Crippen molar-refractivity contribution >= 4 is 23.2 Å². The second-order valence-electron chi connectivity index (χ2n) is 12.1. The quantitative estimate of drug-likeness (QED) is 0.228. The highest BCUT2D eigenvalue weighted by molar-refractivity contribution is 6.30. The number of halogens is 1. The zero-order chi connectivity index (χ0) is 30.1. The maximum absolute atomic E-state index is 13.2. The van der Waals surface area contributed by atoms with Crippen LogP contribution >= 0.6 is 11.6 Å². The number of likely N-dealkylation sites (tertiary alicyclic amines) is 1. The van der Waals surface area contributed by atoms with Gasteiger partial charge in [0.1, 0.15) is 41.3 Å². The Kier molecular flexibility index (Phi) is 8.60. The van der Waals surface area contributed by atoms with E-state index < -0.39 is 12.0 Å². The number of benzene rings is 3. The highest BCUT2D eigenvalue weighted by Gasteiger charge is 2.42. The normalized spacial score (nSPS) is 17.0. The number of carbonyl (C=O) groups excluding carboxylic acids is 1. The second-order valence-corrected chi connectivity index (χ2v) is 12.5. The molecule has 2 heterocycles. The molecule has 0 bridgehead atoms. The average molecular weight is 595 g/mol. The summed E-state index contributed by atoms with van der Waals surface area (Å²) in [5.41, 5.74) is 1.85. The lowest BCUT2D eigenvalue weighted by molar-refractivity contribution is -0.00200. The molecule has 0 aromatic heterocycles.